The molecular formula is C24H25FIN3O6S. The van der Waals surface area contributed by atoms with Crippen molar-refractivity contribution in [2.24, 2.45) is 5.92 Å². The van der Waals surface area contributed by atoms with E-state index in [2.05, 4.69) is 28.7 Å². The van der Waals surface area contributed by atoms with E-state index in [9.17, 15) is 29.1 Å². The Morgan fingerprint density at radius 3 is 2.61 bits per heavy atom. The first-order valence-electron chi connectivity index (χ1n) is 10.9. The molecule has 2 aromatic heterocycles. The van der Waals surface area contributed by atoms with Gasteiger partial charge in [-0.1, -0.05) is 0 Å². The molecule has 36 heavy (non-hydrogen) atoms. The number of methoxy groups -OCH3 is 1. The van der Waals surface area contributed by atoms with E-state index in [0.717, 1.165) is 7.45 Å². The molecule has 0 bridgehead atoms. The average Bonchev–Trinajstić information content (AvgIpc) is 3.12. The fourth-order valence-electron chi connectivity index (χ4n) is 3.73. The summed E-state index contributed by atoms with van der Waals surface area (Å²) in [6.45, 7) is 5.75. The number of nitrogens with zero attached hydrogens (tertiary/aromatic N) is 3. The van der Waals surface area contributed by atoms with Crippen molar-refractivity contribution in [1.29, 1.82) is 5.26 Å². The highest BCUT2D eigenvalue weighted by molar-refractivity contribution is 14.1. The summed E-state index contributed by atoms with van der Waals surface area (Å²) in [6, 6.07) is 5.95. The second kappa shape index (κ2) is 10.7. The summed E-state index contributed by atoms with van der Waals surface area (Å²) in [6.07, 6.45) is -0.952. The van der Waals surface area contributed by atoms with Gasteiger partial charge in [0.15, 0.2) is 0 Å². The van der Waals surface area contributed by atoms with Gasteiger partial charge in [-0.05, 0) is 74.0 Å². The maximum atomic E-state index is 14.3. The second-order valence-corrected chi connectivity index (χ2v) is 11.6. The van der Waals surface area contributed by atoms with Crippen LogP contribution in [0.5, 0.6) is 5.75 Å². The quantitative estimate of drug-likeness (QED) is 0.355. The number of carbonyl (C=O) groups is 1. The minimum atomic E-state index is -1.84. The first-order chi connectivity index (χ1) is 16.8. The third-order valence-corrected chi connectivity index (χ3v) is 8.46. The predicted octanol–water partition coefficient (Wildman–Crippen LogP) is 4.02. The number of carboxylic acids is 1. The van der Waals surface area contributed by atoms with Crippen molar-refractivity contribution >= 4 is 50.1 Å². The topological polar surface area (TPSA) is 124 Å². The Kier molecular flexibility index (Phi) is 8.27. The number of ether oxygens (including phenoxy) is 2. The molecule has 0 saturated carbocycles. The fraction of sp³-hybridized carbons (Fsp3) is 0.417. The fourth-order valence-corrected chi connectivity index (χ4v) is 5.66. The number of aryl methyl sites for hydroxylation is 1. The molecule has 0 fully saturated rings. The molecule has 2 heterocycles. The minimum absolute atomic E-state index is 0.0139. The molecule has 1 N–H and O–H groups in total. The molecule has 9 nitrogen and oxygen atoms in total. The lowest BCUT2D eigenvalue weighted by molar-refractivity contribution is -0.146. The van der Waals surface area contributed by atoms with Crippen molar-refractivity contribution in [2.75, 3.05) is 13.7 Å². The van der Waals surface area contributed by atoms with Crippen LogP contribution in [0.4, 0.5) is 4.39 Å². The van der Waals surface area contributed by atoms with Crippen molar-refractivity contribution in [3.05, 3.63) is 58.9 Å². The zero-order chi connectivity index (χ0) is 26.9. The zero-order valence-corrected chi connectivity index (χ0v) is 23.3. The number of hydrogen-bond donors (Lipinski definition) is 1. The van der Waals surface area contributed by atoms with Crippen LogP contribution in [0.2, 0.25) is 0 Å². The number of carboxylic acid groups (broad SMARTS) is 1. The number of aliphatic carboxylic acids is 1. The molecule has 0 aliphatic rings. The lowest BCUT2D eigenvalue weighted by Gasteiger charge is -2.26. The van der Waals surface area contributed by atoms with Gasteiger partial charge in [0.05, 0.1) is 40.5 Å². The van der Waals surface area contributed by atoms with Gasteiger partial charge in [-0.3, -0.25) is 9.36 Å². The summed E-state index contributed by atoms with van der Waals surface area (Å²) in [5, 5.41) is 19.2. The molecule has 0 saturated heterocycles. The van der Waals surface area contributed by atoms with Crippen LogP contribution in [0.15, 0.2) is 27.8 Å². The number of benzene rings is 1. The number of rotatable bonds is 9. The van der Waals surface area contributed by atoms with Crippen molar-refractivity contribution < 1.29 is 23.8 Å². The number of thiophene rings is 1. The molecule has 0 aliphatic carbocycles. The van der Waals surface area contributed by atoms with E-state index in [4.69, 9.17) is 9.47 Å². The first-order valence-corrected chi connectivity index (χ1v) is 12.8. The Bertz CT molecular complexity index is 1490. The van der Waals surface area contributed by atoms with Gasteiger partial charge in [0.2, 0.25) is 0 Å². The molecule has 192 valence electrons. The molecule has 3 rings (SSSR count). The van der Waals surface area contributed by atoms with Crippen LogP contribution in [0.3, 0.4) is 0 Å². The molecule has 12 heteroatoms. The Hall–Kier alpha value is -2.76. The number of nitriles is 1. The summed E-state index contributed by atoms with van der Waals surface area (Å²) in [4.78, 5) is 39.5. The largest absolute Gasteiger partial charge is 0.496 e. The van der Waals surface area contributed by atoms with E-state index < -0.39 is 40.6 Å². The van der Waals surface area contributed by atoms with Crippen LogP contribution in [0, 0.1) is 32.9 Å². The number of aromatic nitrogens is 2. The highest BCUT2D eigenvalue weighted by Crippen LogP contribution is 2.33. The summed E-state index contributed by atoms with van der Waals surface area (Å²) in [5.74, 6) is -2.08. The Labute approximate surface area is 223 Å². The molecule has 1 unspecified atom stereocenters. The van der Waals surface area contributed by atoms with Crippen molar-refractivity contribution in [1.82, 2.24) is 9.13 Å². The van der Waals surface area contributed by atoms with E-state index in [0.29, 0.717) is 21.7 Å². The van der Waals surface area contributed by atoms with Gasteiger partial charge in [-0.15, -0.1) is 11.3 Å². The number of halogens is 2. The van der Waals surface area contributed by atoms with Crippen molar-refractivity contribution in [3.63, 3.8) is 0 Å². The summed E-state index contributed by atoms with van der Waals surface area (Å²) < 4.78 is 28.4. The smallest absolute Gasteiger partial charge is 0.333 e. The molecule has 3 aromatic rings. The monoisotopic (exact) mass is 629 g/mol. The van der Waals surface area contributed by atoms with E-state index >= 15 is 0 Å². The van der Waals surface area contributed by atoms with Crippen molar-refractivity contribution in [2.45, 2.75) is 45.9 Å². The second-order valence-electron chi connectivity index (χ2n) is 8.82. The standard InChI is InChI=1S/C24H25FIN3O6S/c1-12(9-27)11-35-17(15-8-14(25)6-7-16(15)34-5)10-28-21-18(13(2)19(26)36-21)20(30)29(23(28)33)24(3,4)22(31)32/h6-8,12,17H,10-11H2,1-5H3,(H,31,32)/t12?,17-/m0/s1. The van der Waals surface area contributed by atoms with Crippen LogP contribution < -0.4 is 16.0 Å². The van der Waals surface area contributed by atoms with Gasteiger partial charge in [0.1, 0.15) is 28.0 Å². The van der Waals surface area contributed by atoms with Crippen LogP contribution in [-0.4, -0.2) is 33.9 Å². The lowest BCUT2D eigenvalue weighted by atomic mass is 10.1. The van der Waals surface area contributed by atoms with Crippen LogP contribution in [0.25, 0.3) is 10.2 Å². The van der Waals surface area contributed by atoms with E-state index in [1.807, 2.05) is 0 Å². The third-order valence-electron chi connectivity index (χ3n) is 5.89. The third kappa shape index (κ3) is 5.05. The number of hydrogen-bond acceptors (Lipinski definition) is 7. The average molecular weight is 629 g/mol. The maximum Gasteiger partial charge on any atom is 0.333 e. The van der Waals surface area contributed by atoms with Gasteiger partial charge >= 0.3 is 11.7 Å². The lowest BCUT2D eigenvalue weighted by Crippen LogP contribution is -2.52. The minimum Gasteiger partial charge on any atom is -0.496 e. The Morgan fingerprint density at radius 2 is 2.03 bits per heavy atom. The molecule has 0 radical (unpaired) electrons. The van der Waals surface area contributed by atoms with Gasteiger partial charge in [0, 0.05) is 5.56 Å². The van der Waals surface area contributed by atoms with Crippen LogP contribution in [-0.2, 0) is 21.6 Å². The first kappa shape index (κ1) is 27.8. The SMILES string of the molecule is COc1ccc(F)cc1[C@H](Cn1c(=O)n(C(C)(C)C(=O)O)c(=O)c2c(C)c(I)sc21)OCC(C)C#N. The predicted molar refractivity (Wildman–Crippen MR) is 141 cm³/mol. The Balaban J connectivity index is 2.33. The van der Waals surface area contributed by atoms with Gasteiger partial charge in [0.25, 0.3) is 5.56 Å². The number of fused-ring (bicyclic) bond motifs is 1. The summed E-state index contributed by atoms with van der Waals surface area (Å²) >= 11 is 3.28. The van der Waals surface area contributed by atoms with Gasteiger partial charge in [-0.25, -0.2) is 18.5 Å². The zero-order valence-electron chi connectivity index (χ0n) is 20.3. The van der Waals surface area contributed by atoms with E-state index in [1.165, 1.54) is 55.1 Å². The van der Waals surface area contributed by atoms with Crippen LogP contribution >= 0.6 is 33.9 Å². The molecule has 1 aromatic carbocycles. The van der Waals surface area contributed by atoms with Crippen molar-refractivity contribution in [3.8, 4) is 11.8 Å². The highest BCUT2D eigenvalue weighted by atomic mass is 127. The van der Waals surface area contributed by atoms with Gasteiger partial charge in [-0.2, -0.15) is 5.26 Å². The molecule has 0 spiro atoms. The Morgan fingerprint density at radius 1 is 1.36 bits per heavy atom. The molecule has 0 amide bonds. The van der Waals surface area contributed by atoms with Crippen LogP contribution in [0.1, 0.15) is 38.0 Å². The maximum absolute atomic E-state index is 14.3. The highest BCUT2D eigenvalue weighted by Gasteiger charge is 2.35. The molecule has 0 aliphatic heterocycles. The van der Waals surface area contributed by atoms with Gasteiger partial charge < -0.3 is 14.6 Å². The normalized spacial score (nSPS) is 13.4. The summed E-state index contributed by atoms with van der Waals surface area (Å²) in [7, 11) is 1.41. The van der Waals surface area contributed by atoms with E-state index in [1.54, 1.807) is 13.8 Å². The van der Waals surface area contributed by atoms with E-state index in [-0.39, 0.29) is 18.5 Å². The molecular weight excluding hydrogens is 604 g/mol. The summed E-state index contributed by atoms with van der Waals surface area (Å²) in [5.41, 5.74) is -2.44. The molecule has 2 atom stereocenters.